The number of rotatable bonds is 10. The highest BCUT2D eigenvalue weighted by Crippen LogP contribution is 2.04. The van der Waals surface area contributed by atoms with Crippen molar-refractivity contribution in [3.05, 3.63) is 0 Å². The Morgan fingerprint density at radius 3 is 2.42 bits per heavy atom. The van der Waals surface area contributed by atoms with Gasteiger partial charge in [0, 0.05) is 13.7 Å². The van der Waals surface area contributed by atoms with Crippen LogP contribution < -0.4 is 10.6 Å². The summed E-state index contributed by atoms with van der Waals surface area (Å²) in [7, 11) is 1.58. The van der Waals surface area contributed by atoms with Crippen LogP contribution in [-0.4, -0.2) is 56.6 Å². The number of methoxy groups -OCH3 is 1. The Balaban J connectivity index is 3.78. The summed E-state index contributed by atoms with van der Waals surface area (Å²) < 4.78 is 9.95. The number of hydrogen-bond donors (Lipinski definition) is 3. The van der Waals surface area contributed by atoms with E-state index < -0.39 is 18.0 Å². The largest absolute Gasteiger partial charge is 0.480 e. The molecular formula is C12H24N2O5. The van der Waals surface area contributed by atoms with Crippen molar-refractivity contribution in [3.63, 3.8) is 0 Å². The fourth-order valence-electron chi connectivity index (χ4n) is 1.38. The zero-order chi connectivity index (χ0) is 14.7. The normalized spacial score (nSPS) is 12.2. The van der Waals surface area contributed by atoms with Crippen LogP contribution in [-0.2, 0) is 14.3 Å². The molecule has 0 aromatic heterocycles. The van der Waals surface area contributed by atoms with E-state index in [0.29, 0.717) is 32.8 Å². The van der Waals surface area contributed by atoms with E-state index in [-0.39, 0.29) is 5.92 Å². The highest BCUT2D eigenvalue weighted by atomic mass is 16.5. The van der Waals surface area contributed by atoms with Crippen LogP contribution in [0, 0.1) is 5.92 Å². The number of carbonyl (C=O) groups excluding carboxylic acids is 1. The molecule has 0 spiro atoms. The van der Waals surface area contributed by atoms with Crippen LogP contribution in [0.15, 0.2) is 0 Å². The van der Waals surface area contributed by atoms with Gasteiger partial charge in [-0.2, -0.15) is 0 Å². The van der Waals surface area contributed by atoms with E-state index in [4.69, 9.17) is 14.6 Å². The summed E-state index contributed by atoms with van der Waals surface area (Å²) in [6, 6.07) is -1.36. The molecule has 3 N–H and O–H groups in total. The Bertz CT molecular complexity index is 271. The van der Waals surface area contributed by atoms with Gasteiger partial charge in [0.05, 0.1) is 19.8 Å². The lowest BCUT2D eigenvalue weighted by Gasteiger charge is -2.16. The summed E-state index contributed by atoms with van der Waals surface area (Å²) in [5.41, 5.74) is 0. The number of carboxylic acids is 1. The van der Waals surface area contributed by atoms with E-state index in [1.165, 1.54) is 0 Å². The van der Waals surface area contributed by atoms with E-state index >= 15 is 0 Å². The molecule has 0 aromatic rings. The van der Waals surface area contributed by atoms with E-state index in [1.807, 2.05) is 13.8 Å². The number of urea groups is 1. The molecule has 0 fully saturated rings. The molecule has 0 unspecified atom stereocenters. The van der Waals surface area contributed by atoms with Gasteiger partial charge in [0.25, 0.3) is 0 Å². The number of nitrogens with one attached hydrogen (secondary N) is 2. The third-order valence-corrected chi connectivity index (χ3v) is 2.27. The molecule has 7 nitrogen and oxygen atoms in total. The molecule has 7 heteroatoms. The van der Waals surface area contributed by atoms with Crippen molar-refractivity contribution in [2.24, 2.45) is 5.92 Å². The molecular weight excluding hydrogens is 252 g/mol. The van der Waals surface area contributed by atoms with Crippen LogP contribution in [0.5, 0.6) is 0 Å². The van der Waals surface area contributed by atoms with Crippen molar-refractivity contribution in [2.45, 2.75) is 26.3 Å². The summed E-state index contributed by atoms with van der Waals surface area (Å²) in [6.45, 7) is 5.45. The van der Waals surface area contributed by atoms with Crippen molar-refractivity contribution < 1.29 is 24.2 Å². The number of carbonyl (C=O) groups is 2. The first kappa shape index (κ1) is 17.7. The monoisotopic (exact) mass is 276 g/mol. The fraction of sp³-hybridized carbons (Fsp3) is 0.833. The van der Waals surface area contributed by atoms with Crippen molar-refractivity contribution in [1.82, 2.24) is 10.6 Å². The zero-order valence-corrected chi connectivity index (χ0v) is 11.8. The van der Waals surface area contributed by atoms with Crippen LogP contribution >= 0.6 is 0 Å². The van der Waals surface area contributed by atoms with Crippen molar-refractivity contribution in [3.8, 4) is 0 Å². The van der Waals surface area contributed by atoms with Gasteiger partial charge in [-0.25, -0.2) is 9.59 Å². The third kappa shape index (κ3) is 10.3. The maximum absolute atomic E-state index is 11.5. The Labute approximate surface area is 113 Å². The molecule has 0 aliphatic carbocycles. The number of hydrogen-bond acceptors (Lipinski definition) is 4. The maximum Gasteiger partial charge on any atom is 0.326 e. The molecule has 0 aliphatic heterocycles. The number of ether oxygens (including phenoxy) is 2. The lowest BCUT2D eigenvalue weighted by molar-refractivity contribution is -0.139. The van der Waals surface area contributed by atoms with Crippen LogP contribution in [0.1, 0.15) is 20.3 Å². The number of aliphatic carboxylic acids is 1. The first-order valence-corrected chi connectivity index (χ1v) is 6.31. The van der Waals surface area contributed by atoms with Crippen LogP contribution in [0.4, 0.5) is 4.79 Å². The second-order valence-corrected chi connectivity index (χ2v) is 4.53. The van der Waals surface area contributed by atoms with E-state index in [2.05, 4.69) is 10.6 Å². The van der Waals surface area contributed by atoms with E-state index in [0.717, 1.165) is 0 Å². The standard InChI is InChI=1S/C12H24N2O5/c1-9(2)8-10(11(15)16)14-12(17)13-4-5-19-7-6-18-3/h9-10H,4-8H2,1-3H3,(H,15,16)(H2,13,14,17)/t10-/m0/s1. The molecule has 2 amide bonds. The quantitative estimate of drug-likeness (QED) is 0.503. The molecule has 0 radical (unpaired) electrons. The predicted octanol–water partition coefficient (Wildman–Crippen LogP) is 0.448. The van der Waals surface area contributed by atoms with Gasteiger partial charge >= 0.3 is 12.0 Å². The van der Waals surface area contributed by atoms with Gasteiger partial charge in [-0.15, -0.1) is 0 Å². The van der Waals surface area contributed by atoms with Crippen molar-refractivity contribution >= 4 is 12.0 Å². The SMILES string of the molecule is COCCOCCNC(=O)N[C@@H](CC(C)C)C(=O)O. The molecule has 0 saturated heterocycles. The molecule has 0 rings (SSSR count). The van der Waals surface area contributed by atoms with Gasteiger partial charge in [0.1, 0.15) is 6.04 Å². The second kappa shape index (κ2) is 10.6. The van der Waals surface area contributed by atoms with E-state index in [9.17, 15) is 9.59 Å². The second-order valence-electron chi connectivity index (χ2n) is 4.53. The van der Waals surface area contributed by atoms with Crippen LogP contribution in [0.25, 0.3) is 0 Å². The smallest absolute Gasteiger partial charge is 0.326 e. The van der Waals surface area contributed by atoms with Gasteiger partial charge < -0.3 is 25.2 Å². The summed E-state index contributed by atoms with van der Waals surface area (Å²) in [5, 5.41) is 13.9. The highest BCUT2D eigenvalue weighted by molar-refractivity contribution is 5.82. The van der Waals surface area contributed by atoms with Crippen LogP contribution in [0.3, 0.4) is 0 Å². The van der Waals surface area contributed by atoms with Gasteiger partial charge in [-0.1, -0.05) is 13.8 Å². The minimum Gasteiger partial charge on any atom is -0.480 e. The summed E-state index contributed by atoms with van der Waals surface area (Å²) >= 11 is 0. The van der Waals surface area contributed by atoms with Gasteiger partial charge in [-0.3, -0.25) is 0 Å². The maximum atomic E-state index is 11.5. The van der Waals surface area contributed by atoms with Crippen molar-refractivity contribution in [2.75, 3.05) is 33.5 Å². The molecule has 112 valence electrons. The van der Waals surface area contributed by atoms with Gasteiger partial charge in [0.2, 0.25) is 0 Å². The average Bonchev–Trinajstić information content (AvgIpc) is 2.32. The zero-order valence-electron chi connectivity index (χ0n) is 11.8. The molecule has 19 heavy (non-hydrogen) atoms. The molecule has 0 heterocycles. The molecule has 0 saturated carbocycles. The fourth-order valence-corrected chi connectivity index (χ4v) is 1.38. The minimum absolute atomic E-state index is 0.193. The van der Waals surface area contributed by atoms with Crippen molar-refractivity contribution in [1.29, 1.82) is 0 Å². The number of amides is 2. The van der Waals surface area contributed by atoms with E-state index in [1.54, 1.807) is 7.11 Å². The summed E-state index contributed by atoms with van der Waals surface area (Å²) in [6.07, 6.45) is 0.396. The first-order valence-electron chi connectivity index (χ1n) is 6.31. The highest BCUT2D eigenvalue weighted by Gasteiger charge is 2.20. The third-order valence-electron chi connectivity index (χ3n) is 2.27. The summed E-state index contributed by atoms with van der Waals surface area (Å²) in [5.74, 6) is -0.834. The average molecular weight is 276 g/mol. The Kier molecular flexibility index (Phi) is 9.82. The number of carboxylic acid groups (broad SMARTS) is 1. The summed E-state index contributed by atoms with van der Waals surface area (Å²) in [4.78, 5) is 22.4. The Morgan fingerprint density at radius 2 is 1.89 bits per heavy atom. The lowest BCUT2D eigenvalue weighted by atomic mass is 10.0. The molecule has 0 aromatic carbocycles. The molecule has 0 aliphatic rings. The topological polar surface area (TPSA) is 96.9 Å². The Hall–Kier alpha value is -1.34. The van der Waals surface area contributed by atoms with Gasteiger partial charge in [0.15, 0.2) is 0 Å². The van der Waals surface area contributed by atoms with Crippen LogP contribution in [0.2, 0.25) is 0 Å². The predicted molar refractivity (Wildman–Crippen MR) is 70.1 cm³/mol. The molecule has 0 bridgehead atoms. The lowest BCUT2D eigenvalue weighted by Crippen LogP contribution is -2.47. The molecule has 1 atom stereocenters. The first-order chi connectivity index (χ1) is 8.97. The van der Waals surface area contributed by atoms with Gasteiger partial charge in [-0.05, 0) is 12.3 Å². The minimum atomic E-state index is -1.03. The Morgan fingerprint density at radius 1 is 1.21 bits per heavy atom.